The van der Waals surface area contributed by atoms with E-state index in [1.165, 1.54) is 23.8 Å². The van der Waals surface area contributed by atoms with Crippen LogP contribution in [0.3, 0.4) is 0 Å². The van der Waals surface area contributed by atoms with E-state index in [0.717, 1.165) is 17.4 Å². The summed E-state index contributed by atoms with van der Waals surface area (Å²) in [5.74, 6) is 0. The van der Waals surface area contributed by atoms with Crippen molar-refractivity contribution in [1.29, 1.82) is 5.26 Å². The molecule has 2 aromatic carbocycles. The first-order valence-corrected chi connectivity index (χ1v) is 5.77. The first-order valence-electron chi connectivity index (χ1n) is 5.77. The summed E-state index contributed by atoms with van der Waals surface area (Å²) in [4.78, 5) is 0. The van der Waals surface area contributed by atoms with Crippen LogP contribution in [0.4, 0.5) is 0 Å². The van der Waals surface area contributed by atoms with Gasteiger partial charge in [-0.2, -0.15) is 5.26 Å². The summed E-state index contributed by atoms with van der Waals surface area (Å²) in [5, 5.41) is 11.4. The van der Waals surface area contributed by atoms with Gasteiger partial charge in [0.15, 0.2) is 0 Å². The molecule has 0 aliphatic rings. The van der Waals surface area contributed by atoms with Gasteiger partial charge in [-0.1, -0.05) is 43.7 Å². The van der Waals surface area contributed by atoms with Crippen molar-refractivity contribution < 1.29 is 0 Å². The molecule has 0 radical (unpaired) electrons. The van der Waals surface area contributed by atoms with E-state index < -0.39 is 0 Å². The molecular formula is C15H15N. The Morgan fingerprint density at radius 2 is 1.81 bits per heavy atom. The average Bonchev–Trinajstić information content (AvgIpc) is 2.36. The Morgan fingerprint density at radius 1 is 1.06 bits per heavy atom. The van der Waals surface area contributed by atoms with E-state index in [2.05, 4.69) is 25.1 Å². The van der Waals surface area contributed by atoms with Crippen molar-refractivity contribution in [2.24, 2.45) is 0 Å². The minimum atomic E-state index is 0.774. The molecular weight excluding hydrogens is 194 g/mol. The second-order valence-electron chi connectivity index (χ2n) is 4.03. The molecule has 0 saturated carbocycles. The molecule has 0 spiro atoms. The normalized spacial score (nSPS) is 10.2. The summed E-state index contributed by atoms with van der Waals surface area (Å²) in [6.45, 7) is 2.20. The molecule has 1 heteroatoms. The number of rotatable bonds is 3. The molecule has 0 unspecified atom stereocenters. The zero-order valence-corrected chi connectivity index (χ0v) is 9.53. The molecule has 2 rings (SSSR count). The number of nitriles is 1. The van der Waals surface area contributed by atoms with Gasteiger partial charge in [-0.15, -0.1) is 0 Å². The Morgan fingerprint density at radius 3 is 2.50 bits per heavy atom. The maximum atomic E-state index is 9.05. The van der Waals surface area contributed by atoms with Crippen molar-refractivity contribution in [1.82, 2.24) is 0 Å². The molecule has 16 heavy (non-hydrogen) atoms. The second-order valence-corrected chi connectivity index (χ2v) is 4.03. The van der Waals surface area contributed by atoms with Crippen molar-refractivity contribution in [3.63, 3.8) is 0 Å². The van der Waals surface area contributed by atoms with Crippen LogP contribution in [0.1, 0.15) is 30.9 Å². The number of aryl methyl sites for hydroxylation is 1. The zero-order valence-electron chi connectivity index (χ0n) is 9.53. The predicted octanol–water partition coefficient (Wildman–Crippen LogP) is 4.05. The van der Waals surface area contributed by atoms with Crippen molar-refractivity contribution in [3.05, 3.63) is 47.5 Å². The second kappa shape index (κ2) is 4.81. The van der Waals surface area contributed by atoms with Crippen LogP contribution in [0.2, 0.25) is 0 Å². The third-order valence-electron chi connectivity index (χ3n) is 2.93. The van der Waals surface area contributed by atoms with E-state index >= 15 is 0 Å². The molecule has 0 aliphatic carbocycles. The van der Waals surface area contributed by atoms with Crippen LogP contribution in [0.5, 0.6) is 0 Å². The lowest BCUT2D eigenvalue weighted by Gasteiger charge is -2.07. The predicted molar refractivity (Wildman–Crippen MR) is 67.3 cm³/mol. The SMILES string of the molecule is CCCCc1ccc(C#N)c2ccccc12. The quantitative estimate of drug-likeness (QED) is 0.748. The molecule has 0 aliphatic heterocycles. The first-order chi connectivity index (χ1) is 7.86. The summed E-state index contributed by atoms with van der Waals surface area (Å²) in [7, 11) is 0. The number of hydrogen-bond donors (Lipinski definition) is 0. The van der Waals surface area contributed by atoms with E-state index in [1.54, 1.807) is 0 Å². The van der Waals surface area contributed by atoms with Gasteiger partial charge in [0.1, 0.15) is 0 Å². The molecule has 0 fully saturated rings. The zero-order chi connectivity index (χ0) is 11.4. The molecule has 0 atom stereocenters. The summed E-state index contributed by atoms with van der Waals surface area (Å²) >= 11 is 0. The lowest BCUT2D eigenvalue weighted by molar-refractivity contribution is 0.799. The van der Waals surface area contributed by atoms with Crippen LogP contribution in [0.15, 0.2) is 36.4 Å². The molecule has 0 saturated heterocycles. The Labute approximate surface area is 96.3 Å². The Kier molecular flexibility index (Phi) is 3.22. The number of fused-ring (bicyclic) bond motifs is 1. The van der Waals surface area contributed by atoms with Gasteiger partial charge in [0.2, 0.25) is 0 Å². The van der Waals surface area contributed by atoms with Gasteiger partial charge in [-0.05, 0) is 35.2 Å². The molecule has 0 N–H and O–H groups in total. The standard InChI is InChI=1S/C15H15N/c1-2-3-6-12-9-10-13(11-16)15-8-5-4-7-14(12)15/h4-5,7-10H,2-3,6H2,1H3. The highest BCUT2D eigenvalue weighted by Gasteiger charge is 2.04. The summed E-state index contributed by atoms with van der Waals surface area (Å²) in [5.41, 5.74) is 2.13. The third-order valence-corrected chi connectivity index (χ3v) is 2.93. The molecule has 0 amide bonds. The van der Waals surface area contributed by atoms with Gasteiger partial charge in [0, 0.05) is 0 Å². The topological polar surface area (TPSA) is 23.8 Å². The van der Waals surface area contributed by atoms with Gasteiger partial charge in [-0.25, -0.2) is 0 Å². The molecule has 0 aromatic heterocycles. The van der Waals surface area contributed by atoms with Crippen LogP contribution in [0, 0.1) is 11.3 Å². The van der Waals surface area contributed by atoms with Crippen molar-refractivity contribution in [2.75, 3.05) is 0 Å². The van der Waals surface area contributed by atoms with Gasteiger partial charge in [0.25, 0.3) is 0 Å². The lowest BCUT2D eigenvalue weighted by Crippen LogP contribution is -1.89. The Balaban J connectivity index is 2.57. The highest BCUT2D eigenvalue weighted by Crippen LogP contribution is 2.23. The summed E-state index contributed by atoms with van der Waals surface area (Å²) < 4.78 is 0. The number of hydrogen-bond acceptors (Lipinski definition) is 1. The van der Waals surface area contributed by atoms with Crippen molar-refractivity contribution in [3.8, 4) is 6.07 Å². The van der Waals surface area contributed by atoms with Gasteiger partial charge < -0.3 is 0 Å². The van der Waals surface area contributed by atoms with E-state index in [9.17, 15) is 0 Å². The number of benzene rings is 2. The molecule has 0 heterocycles. The van der Waals surface area contributed by atoms with Gasteiger partial charge in [0.05, 0.1) is 11.6 Å². The Bertz CT molecular complexity index is 535. The lowest BCUT2D eigenvalue weighted by atomic mass is 9.97. The number of unbranched alkanes of at least 4 members (excludes halogenated alkanes) is 1. The maximum absolute atomic E-state index is 9.05. The fourth-order valence-electron chi connectivity index (χ4n) is 2.04. The largest absolute Gasteiger partial charge is 0.192 e. The molecule has 80 valence electrons. The van der Waals surface area contributed by atoms with Crippen LogP contribution in [-0.4, -0.2) is 0 Å². The smallest absolute Gasteiger partial charge is 0.0998 e. The summed E-state index contributed by atoms with van der Waals surface area (Å²) in [6, 6.07) is 14.5. The van der Waals surface area contributed by atoms with E-state index in [0.29, 0.717) is 0 Å². The Hall–Kier alpha value is -1.81. The first kappa shape index (κ1) is 10.7. The van der Waals surface area contributed by atoms with Crippen LogP contribution in [-0.2, 0) is 6.42 Å². The third kappa shape index (κ3) is 1.92. The van der Waals surface area contributed by atoms with E-state index in [4.69, 9.17) is 5.26 Å². The minimum absolute atomic E-state index is 0.774. The highest BCUT2D eigenvalue weighted by atomic mass is 14.2. The fraction of sp³-hybridized carbons (Fsp3) is 0.267. The fourth-order valence-corrected chi connectivity index (χ4v) is 2.04. The molecule has 0 bridgehead atoms. The van der Waals surface area contributed by atoms with Gasteiger partial charge >= 0.3 is 0 Å². The molecule has 1 nitrogen and oxygen atoms in total. The average molecular weight is 209 g/mol. The van der Waals surface area contributed by atoms with Crippen molar-refractivity contribution >= 4 is 10.8 Å². The van der Waals surface area contributed by atoms with Gasteiger partial charge in [-0.3, -0.25) is 0 Å². The number of nitrogens with zero attached hydrogens (tertiary/aromatic N) is 1. The van der Waals surface area contributed by atoms with E-state index in [-0.39, 0.29) is 0 Å². The highest BCUT2D eigenvalue weighted by molar-refractivity contribution is 5.90. The minimum Gasteiger partial charge on any atom is -0.192 e. The van der Waals surface area contributed by atoms with Crippen molar-refractivity contribution in [2.45, 2.75) is 26.2 Å². The maximum Gasteiger partial charge on any atom is 0.0998 e. The van der Waals surface area contributed by atoms with E-state index in [1.807, 2.05) is 24.3 Å². The summed E-state index contributed by atoms with van der Waals surface area (Å²) in [6.07, 6.45) is 3.51. The monoisotopic (exact) mass is 209 g/mol. The molecule has 2 aromatic rings. The van der Waals surface area contributed by atoms with Crippen LogP contribution < -0.4 is 0 Å². The van der Waals surface area contributed by atoms with Crippen LogP contribution in [0.25, 0.3) is 10.8 Å². The van der Waals surface area contributed by atoms with Crippen LogP contribution >= 0.6 is 0 Å².